The molecule has 9 heteroatoms. The van der Waals surface area contributed by atoms with E-state index in [1.54, 1.807) is 18.2 Å². The van der Waals surface area contributed by atoms with Crippen LogP contribution in [0.25, 0.3) is 5.65 Å². The number of aromatic nitrogens is 3. The van der Waals surface area contributed by atoms with Crippen LogP contribution in [0, 0.1) is 0 Å². The number of amides is 1. The van der Waals surface area contributed by atoms with Gasteiger partial charge in [-0.15, -0.1) is 10.2 Å². The maximum Gasteiger partial charge on any atom is 0.240 e. The van der Waals surface area contributed by atoms with Gasteiger partial charge in [0.05, 0.1) is 18.8 Å². The van der Waals surface area contributed by atoms with Gasteiger partial charge in [-0.2, -0.15) is 0 Å². The summed E-state index contributed by atoms with van der Waals surface area (Å²) < 4.78 is 14.6. The molecule has 0 fully saturated rings. The van der Waals surface area contributed by atoms with Crippen LogP contribution in [0.5, 0.6) is 5.75 Å². The van der Waals surface area contributed by atoms with Crippen LogP contribution in [0.2, 0.25) is 0 Å². The van der Waals surface area contributed by atoms with Crippen molar-refractivity contribution in [3.63, 3.8) is 0 Å². The summed E-state index contributed by atoms with van der Waals surface area (Å²) in [7, 11) is 0. The smallest absolute Gasteiger partial charge is 0.240 e. The van der Waals surface area contributed by atoms with Gasteiger partial charge in [-0.05, 0) is 47.0 Å². The summed E-state index contributed by atoms with van der Waals surface area (Å²) in [6.45, 7) is 4.27. The van der Waals surface area contributed by atoms with Gasteiger partial charge in [0.1, 0.15) is 12.6 Å². The lowest BCUT2D eigenvalue weighted by Gasteiger charge is -2.23. The minimum Gasteiger partial charge on any atom is -0.485 e. The standard InChI is InChI=1S/C26H28BrN5O3/c1-26(2,28)25(33)29-21(17-34-15-18-9-5-3-6-10-18)23-30-31-24-22(13-20(27)14-32(23)24)35-16-19-11-7-4-8-12-19/h3-14,21H,15-17,28H2,1-2H3,(H,29,33)/t21-/m1/s1. The summed E-state index contributed by atoms with van der Waals surface area (Å²) in [6.07, 6.45) is 1.84. The van der Waals surface area contributed by atoms with Crippen molar-refractivity contribution in [3.05, 3.63) is 94.4 Å². The van der Waals surface area contributed by atoms with Gasteiger partial charge in [-0.25, -0.2) is 0 Å². The van der Waals surface area contributed by atoms with Gasteiger partial charge in [0.2, 0.25) is 11.6 Å². The number of hydrogen-bond acceptors (Lipinski definition) is 6. The maximum absolute atomic E-state index is 12.7. The average molecular weight is 538 g/mol. The molecule has 1 amide bonds. The topological polar surface area (TPSA) is 104 Å². The Hall–Kier alpha value is -3.27. The van der Waals surface area contributed by atoms with E-state index in [0.717, 1.165) is 15.6 Å². The number of ether oxygens (including phenoxy) is 2. The third-order valence-corrected chi connectivity index (χ3v) is 5.73. The van der Waals surface area contributed by atoms with E-state index < -0.39 is 11.6 Å². The van der Waals surface area contributed by atoms with Crippen LogP contribution in [0.1, 0.15) is 36.8 Å². The molecule has 0 saturated heterocycles. The van der Waals surface area contributed by atoms with Crippen molar-refractivity contribution < 1.29 is 14.3 Å². The van der Waals surface area contributed by atoms with Gasteiger partial charge in [-0.3, -0.25) is 9.20 Å². The average Bonchev–Trinajstić information content (AvgIpc) is 3.26. The minimum atomic E-state index is -1.07. The molecule has 0 unspecified atom stereocenters. The zero-order valence-electron chi connectivity index (χ0n) is 19.6. The predicted molar refractivity (Wildman–Crippen MR) is 137 cm³/mol. The monoisotopic (exact) mass is 537 g/mol. The number of nitrogens with two attached hydrogens (primary N) is 1. The molecular weight excluding hydrogens is 510 g/mol. The molecule has 4 aromatic rings. The normalized spacial score (nSPS) is 12.5. The SMILES string of the molecule is CC(C)(N)C(=O)N[C@H](COCc1ccccc1)c1nnc2c(OCc3ccccc3)cc(Br)cn12. The maximum atomic E-state index is 12.7. The van der Waals surface area contributed by atoms with Crippen molar-refractivity contribution in [2.45, 2.75) is 38.6 Å². The van der Waals surface area contributed by atoms with E-state index >= 15 is 0 Å². The molecule has 0 radical (unpaired) electrons. The van der Waals surface area contributed by atoms with Gasteiger partial charge < -0.3 is 20.5 Å². The molecule has 4 rings (SSSR count). The van der Waals surface area contributed by atoms with Crippen molar-refractivity contribution >= 4 is 27.5 Å². The van der Waals surface area contributed by atoms with E-state index in [4.69, 9.17) is 15.2 Å². The number of pyridine rings is 1. The summed E-state index contributed by atoms with van der Waals surface area (Å²) in [5, 5.41) is 11.7. The van der Waals surface area contributed by atoms with Crippen LogP contribution in [-0.4, -0.2) is 32.7 Å². The van der Waals surface area contributed by atoms with Crippen molar-refractivity contribution in [1.82, 2.24) is 19.9 Å². The molecule has 182 valence electrons. The second-order valence-electron chi connectivity index (χ2n) is 8.80. The highest BCUT2D eigenvalue weighted by Gasteiger charge is 2.28. The lowest BCUT2D eigenvalue weighted by Crippen LogP contribution is -2.50. The number of fused-ring (bicyclic) bond motifs is 1. The van der Waals surface area contributed by atoms with Crippen LogP contribution in [0.3, 0.4) is 0 Å². The Morgan fingerprint density at radius 3 is 2.31 bits per heavy atom. The molecule has 3 N–H and O–H groups in total. The zero-order chi connectivity index (χ0) is 24.8. The number of benzene rings is 2. The number of hydrogen-bond donors (Lipinski definition) is 2. The molecule has 2 aromatic heterocycles. The molecule has 0 bridgehead atoms. The Morgan fingerprint density at radius 1 is 1.06 bits per heavy atom. The van der Waals surface area contributed by atoms with Crippen LogP contribution >= 0.6 is 15.9 Å². The van der Waals surface area contributed by atoms with Gasteiger partial charge in [0.25, 0.3) is 0 Å². The number of carbonyl (C=O) groups excluding carboxylic acids is 1. The van der Waals surface area contributed by atoms with Crippen molar-refractivity contribution in [2.24, 2.45) is 5.73 Å². The van der Waals surface area contributed by atoms with Gasteiger partial charge in [0, 0.05) is 10.7 Å². The first kappa shape index (κ1) is 24.8. The molecule has 0 saturated carbocycles. The van der Waals surface area contributed by atoms with Crippen LogP contribution in [0.15, 0.2) is 77.4 Å². The first-order valence-corrected chi connectivity index (χ1v) is 12.0. The second kappa shape index (κ2) is 11.0. The first-order valence-electron chi connectivity index (χ1n) is 11.2. The van der Waals surface area contributed by atoms with E-state index in [1.807, 2.05) is 72.9 Å². The molecule has 35 heavy (non-hydrogen) atoms. The number of nitrogens with zero attached hydrogens (tertiary/aromatic N) is 3. The fourth-order valence-electron chi connectivity index (χ4n) is 3.42. The number of rotatable bonds is 10. The zero-order valence-corrected chi connectivity index (χ0v) is 21.2. The predicted octanol–water partition coefficient (Wildman–Crippen LogP) is 4.18. The molecule has 8 nitrogen and oxygen atoms in total. The quantitative estimate of drug-likeness (QED) is 0.314. The number of halogens is 1. The first-order chi connectivity index (χ1) is 16.8. The summed E-state index contributed by atoms with van der Waals surface area (Å²) in [5.74, 6) is 0.756. The Labute approximate surface area is 212 Å². The van der Waals surface area contributed by atoms with Gasteiger partial charge in [0.15, 0.2) is 11.6 Å². The molecule has 2 heterocycles. The Bertz CT molecular complexity index is 1270. The van der Waals surface area contributed by atoms with Crippen LogP contribution in [0.4, 0.5) is 0 Å². The Morgan fingerprint density at radius 2 is 1.69 bits per heavy atom. The molecule has 2 aromatic carbocycles. The minimum absolute atomic E-state index is 0.185. The van der Waals surface area contributed by atoms with Crippen molar-refractivity contribution in [3.8, 4) is 5.75 Å². The largest absolute Gasteiger partial charge is 0.485 e. The van der Waals surface area contributed by atoms with Gasteiger partial charge >= 0.3 is 0 Å². The van der Waals surface area contributed by atoms with Crippen molar-refractivity contribution in [2.75, 3.05) is 6.61 Å². The molecule has 0 aliphatic carbocycles. The molecule has 1 atom stereocenters. The van der Waals surface area contributed by atoms with Gasteiger partial charge in [-0.1, -0.05) is 60.7 Å². The molecule has 0 aliphatic rings. The van der Waals surface area contributed by atoms with E-state index in [-0.39, 0.29) is 12.5 Å². The Kier molecular flexibility index (Phi) is 7.80. The van der Waals surface area contributed by atoms with E-state index in [9.17, 15) is 4.79 Å². The lowest BCUT2D eigenvalue weighted by atomic mass is 10.1. The van der Waals surface area contributed by atoms with Crippen molar-refractivity contribution in [1.29, 1.82) is 0 Å². The van der Waals surface area contributed by atoms with E-state index in [2.05, 4.69) is 31.4 Å². The lowest BCUT2D eigenvalue weighted by molar-refractivity contribution is -0.126. The highest BCUT2D eigenvalue weighted by Crippen LogP contribution is 2.27. The summed E-state index contributed by atoms with van der Waals surface area (Å²) in [4.78, 5) is 12.7. The Balaban J connectivity index is 1.60. The third kappa shape index (κ3) is 6.45. The highest BCUT2D eigenvalue weighted by atomic mass is 79.9. The summed E-state index contributed by atoms with van der Waals surface area (Å²) >= 11 is 3.55. The fraction of sp³-hybridized carbons (Fsp3) is 0.269. The van der Waals surface area contributed by atoms with Crippen LogP contribution in [-0.2, 0) is 22.7 Å². The molecule has 0 aliphatic heterocycles. The summed E-state index contributed by atoms with van der Waals surface area (Å²) in [5.41, 5.74) is 7.57. The number of carbonyl (C=O) groups is 1. The molecular formula is C26H28BrN5O3. The summed E-state index contributed by atoms with van der Waals surface area (Å²) in [6, 6.07) is 21.0. The van der Waals surface area contributed by atoms with E-state index in [1.165, 1.54) is 0 Å². The van der Waals surface area contributed by atoms with Crippen LogP contribution < -0.4 is 15.8 Å². The second-order valence-corrected chi connectivity index (χ2v) is 9.71. The highest BCUT2D eigenvalue weighted by molar-refractivity contribution is 9.10. The fourth-order valence-corrected chi connectivity index (χ4v) is 3.83. The van der Waals surface area contributed by atoms with E-state index in [0.29, 0.717) is 30.4 Å². The number of nitrogens with one attached hydrogen (secondary N) is 1. The third-order valence-electron chi connectivity index (χ3n) is 5.30. The molecule has 0 spiro atoms.